The van der Waals surface area contributed by atoms with Crippen molar-refractivity contribution in [1.82, 2.24) is 0 Å². The smallest absolute Gasteiger partial charge is 0.179 e. The molecule has 114 heavy (non-hydrogen) atoms. The zero-order chi connectivity index (χ0) is 76.8. The molecule has 4 nitrogen and oxygen atoms in total. The van der Waals surface area contributed by atoms with Gasteiger partial charge in [-0.2, -0.15) is 0 Å². The van der Waals surface area contributed by atoms with Crippen molar-refractivity contribution in [3.05, 3.63) is 411 Å². The third-order valence-electron chi connectivity index (χ3n) is 23.8. The van der Waals surface area contributed by atoms with Crippen molar-refractivity contribution in [2.45, 2.75) is 39.5 Å². The molecule has 18 aromatic carbocycles. The van der Waals surface area contributed by atoms with E-state index < -0.39 is 27.8 Å². The molecular formula is C106H78F2N2O2Si2. The first-order valence-electron chi connectivity index (χ1n) is 39.4. The van der Waals surface area contributed by atoms with Crippen LogP contribution >= 0.6 is 0 Å². The van der Waals surface area contributed by atoms with E-state index in [2.05, 4.69) is 365 Å². The maximum absolute atomic E-state index is 19.0. The highest BCUT2D eigenvalue weighted by atomic mass is 28.3. The van der Waals surface area contributed by atoms with E-state index in [1.54, 1.807) is 12.1 Å². The van der Waals surface area contributed by atoms with Gasteiger partial charge in [0.1, 0.15) is 22.8 Å². The van der Waals surface area contributed by atoms with E-state index in [-0.39, 0.29) is 11.8 Å². The summed E-state index contributed by atoms with van der Waals surface area (Å²) in [5.41, 5.74) is 11.9. The lowest BCUT2D eigenvalue weighted by Gasteiger charge is -2.34. The highest BCUT2D eigenvalue weighted by molar-refractivity contribution is 7.20. The average molecular weight is 1510 g/mol. The second kappa shape index (κ2) is 28.4. The topological polar surface area (TPSA) is 32.8 Å². The van der Waals surface area contributed by atoms with Gasteiger partial charge in [0.2, 0.25) is 0 Å². The largest absolute Gasteiger partial charge is 0.454 e. The summed E-state index contributed by atoms with van der Waals surface area (Å²) in [5, 5.41) is 19.7. The predicted octanol–water partition coefficient (Wildman–Crippen LogP) is 23.9. The Morgan fingerprint density at radius 2 is 0.518 bits per heavy atom. The van der Waals surface area contributed by atoms with E-state index in [0.29, 0.717) is 33.9 Å². The van der Waals surface area contributed by atoms with Gasteiger partial charge in [0.05, 0.1) is 34.1 Å². The van der Waals surface area contributed by atoms with E-state index in [9.17, 15) is 0 Å². The number of benzene rings is 18. The summed E-state index contributed by atoms with van der Waals surface area (Å²) >= 11 is 0. The molecule has 0 saturated heterocycles. The minimum Gasteiger partial charge on any atom is -0.454 e. The molecule has 2 aromatic heterocycles. The number of anilines is 6. The lowest BCUT2D eigenvalue weighted by molar-refractivity contribution is 0.628. The molecule has 2 heterocycles. The highest BCUT2D eigenvalue weighted by Gasteiger charge is 2.43. The third-order valence-corrected chi connectivity index (χ3v) is 33.3. The molecule has 0 saturated carbocycles. The second-order valence-corrected chi connectivity index (χ2v) is 38.3. The van der Waals surface area contributed by atoms with Gasteiger partial charge < -0.3 is 18.6 Å². The number of fused-ring (bicyclic) bond motifs is 6. The normalized spacial score (nSPS) is 12.1. The molecule has 0 aliphatic carbocycles. The van der Waals surface area contributed by atoms with Crippen LogP contribution < -0.4 is 51.3 Å². The molecular weight excluding hydrogens is 1430 g/mol. The summed E-state index contributed by atoms with van der Waals surface area (Å²) in [5.74, 6) is -0.795. The monoisotopic (exact) mass is 1500 g/mol. The molecule has 0 atom stereocenters. The van der Waals surface area contributed by atoms with Gasteiger partial charge in [0.25, 0.3) is 0 Å². The van der Waals surface area contributed by atoms with Crippen LogP contribution in [0, 0.1) is 11.6 Å². The molecule has 20 rings (SSSR count). The standard InChI is InChI=1S/C106H78F2N2O2Si2/c1-69(2)91-67-99(109(97-51-29-49-87-83-47-23-25-53-101(83)111-105(87)97)95-61-55-73(65-93(95)107)71-31-27-45-81(63-71)113(75-33-11-5-12-34-75,76-35-13-6-14-36-76)77-37-15-7-16-38-77)89-60-58-86-92(70(3)4)68-100(90-59-57-85(91)103(89)104(86)90)110(98-52-30-50-88-84-48-24-26-54-102(84)112-106(88)98)96-62-56-74(66-94(96)108)72-32-28-46-82(64-72)114(78-39-17-8-18-40-78,79-41-19-9-20-42-79)80-43-21-10-22-44-80/h5-70H,1-4H3. The Morgan fingerprint density at radius 1 is 0.228 bits per heavy atom. The van der Waals surface area contributed by atoms with Gasteiger partial charge in [-0.15, -0.1) is 0 Å². The Bertz CT molecular complexity index is 6410. The average Bonchev–Trinajstić information content (AvgIpc) is 0.966. The first kappa shape index (κ1) is 69.7. The van der Waals surface area contributed by atoms with Gasteiger partial charge in [0, 0.05) is 32.3 Å². The maximum Gasteiger partial charge on any atom is 0.179 e. The Balaban J connectivity index is 0.798. The lowest BCUT2D eigenvalue weighted by atomic mass is 9.84. The maximum atomic E-state index is 19.0. The Kier molecular flexibility index (Phi) is 17.3. The van der Waals surface area contributed by atoms with Crippen LogP contribution in [0.5, 0.6) is 0 Å². The van der Waals surface area contributed by atoms with E-state index >= 15 is 8.78 Å². The van der Waals surface area contributed by atoms with Crippen LogP contribution in [-0.2, 0) is 0 Å². The number of rotatable bonds is 18. The predicted molar refractivity (Wildman–Crippen MR) is 480 cm³/mol. The first-order valence-corrected chi connectivity index (χ1v) is 43.4. The van der Waals surface area contributed by atoms with Crippen LogP contribution in [-0.4, -0.2) is 16.1 Å². The summed E-state index contributed by atoms with van der Waals surface area (Å²) in [6.07, 6.45) is 0. The van der Waals surface area contributed by atoms with Crippen LogP contribution in [0.4, 0.5) is 42.9 Å². The molecule has 0 radical (unpaired) electrons. The SMILES string of the molecule is CC(C)c1cc(N(c2ccc(-c3cccc([Si](c4ccccc4)(c4ccccc4)c4ccccc4)c3)cc2F)c2cccc3c2oc2ccccc23)c2ccc3c(C(C)C)cc(N(c4ccc(-c5cccc([Si](c6ccccc6)(c6ccccc6)c6ccccc6)c5)cc4F)c4cccc5c4oc4ccccc45)c4ccc1c2c34. The Morgan fingerprint density at radius 3 is 0.851 bits per heavy atom. The lowest BCUT2D eigenvalue weighted by Crippen LogP contribution is -2.74. The summed E-state index contributed by atoms with van der Waals surface area (Å²) in [6.45, 7) is 8.97. The highest BCUT2D eigenvalue weighted by Crippen LogP contribution is 2.54. The molecule has 0 bridgehead atoms. The third kappa shape index (κ3) is 11.2. The van der Waals surface area contributed by atoms with Crippen LogP contribution in [0.1, 0.15) is 50.7 Å². The van der Waals surface area contributed by atoms with Crippen LogP contribution in [0.3, 0.4) is 0 Å². The van der Waals surface area contributed by atoms with Crippen molar-refractivity contribution in [2.75, 3.05) is 9.80 Å². The van der Waals surface area contributed by atoms with Crippen LogP contribution in [0.15, 0.2) is 397 Å². The van der Waals surface area contributed by atoms with Crippen molar-refractivity contribution in [3.8, 4) is 22.3 Å². The summed E-state index contributed by atoms with van der Waals surface area (Å²) in [4.78, 5) is 4.21. The van der Waals surface area contributed by atoms with E-state index in [1.807, 2.05) is 48.5 Å². The molecule has 0 unspecified atom stereocenters. The van der Waals surface area contributed by atoms with Crippen molar-refractivity contribution in [3.63, 3.8) is 0 Å². The summed E-state index contributed by atoms with van der Waals surface area (Å²) in [6, 6.07) is 137. The van der Waals surface area contributed by atoms with Gasteiger partial charge in [0.15, 0.2) is 27.3 Å². The molecule has 0 aliphatic rings. The first-order chi connectivity index (χ1) is 56.0. The van der Waals surface area contributed by atoms with Gasteiger partial charge in [-0.3, -0.25) is 0 Å². The van der Waals surface area contributed by atoms with Crippen molar-refractivity contribution in [1.29, 1.82) is 0 Å². The van der Waals surface area contributed by atoms with Crippen molar-refractivity contribution < 1.29 is 17.6 Å². The molecule has 0 fully saturated rings. The van der Waals surface area contributed by atoms with E-state index in [1.165, 1.54) is 41.5 Å². The van der Waals surface area contributed by atoms with Crippen molar-refractivity contribution in [2.24, 2.45) is 0 Å². The van der Waals surface area contributed by atoms with Gasteiger partial charge in [-0.05, 0) is 169 Å². The number of hydrogen-bond acceptors (Lipinski definition) is 4. The molecule has 546 valence electrons. The number of halogens is 2. The van der Waals surface area contributed by atoms with Gasteiger partial charge >= 0.3 is 0 Å². The number of nitrogens with zero attached hydrogens (tertiary/aromatic N) is 2. The fraction of sp³-hybridized carbons (Fsp3) is 0.0566. The molecule has 0 aliphatic heterocycles. The van der Waals surface area contributed by atoms with E-state index in [4.69, 9.17) is 8.83 Å². The second-order valence-electron chi connectivity index (χ2n) is 30.7. The van der Waals surface area contributed by atoms with E-state index in [0.717, 1.165) is 110 Å². The van der Waals surface area contributed by atoms with Crippen molar-refractivity contribution >= 4 is 168 Å². The molecule has 0 N–H and O–H groups in total. The summed E-state index contributed by atoms with van der Waals surface area (Å²) in [7, 11) is -5.92. The molecule has 8 heteroatoms. The minimum absolute atomic E-state index is 0.00305. The minimum atomic E-state index is -2.96. The van der Waals surface area contributed by atoms with Crippen LogP contribution in [0.2, 0.25) is 0 Å². The molecule has 20 aromatic rings. The van der Waals surface area contributed by atoms with Crippen LogP contribution in [0.25, 0.3) is 98.4 Å². The number of hydrogen-bond donors (Lipinski definition) is 0. The fourth-order valence-corrected chi connectivity index (χ4v) is 28.2. The zero-order valence-electron chi connectivity index (χ0n) is 63.6. The number of furan rings is 2. The quantitative estimate of drug-likeness (QED) is 0.0487. The fourth-order valence-electron chi connectivity index (χ4n) is 18.7. The molecule has 0 amide bonds. The van der Waals surface area contributed by atoms with Gasteiger partial charge in [-0.1, -0.05) is 355 Å². The Hall–Kier alpha value is -13.5. The Labute approximate surface area is 663 Å². The number of para-hydroxylation sites is 4. The summed E-state index contributed by atoms with van der Waals surface area (Å²) < 4.78 is 52.1. The zero-order valence-corrected chi connectivity index (χ0v) is 65.6. The van der Waals surface area contributed by atoms with Gasteiger partial charge in [-0.25, -0.2) is 8.78 Å². The molecule has 0 spiro atoms.